The number of thioether (sulfide) groups is 1. The van der Waals surface area contributed by atoms with Crippen LogP contribution in [0.3, 0.4) is 0 Å². The van der Waals surface area contributed by atoms with Gasteiger partial charge in [-0.3, -0.25) is 0 Å². The molecule has 16 heavy (non-hydrogen) atoms. The number of hydrogen-bond acceptors (Lipinski definition) is 3. The number of benzene rings is 1. The van der Waals surface area contributed by atoms with Gasteiger partial charge in [0.2, 0.25) is 0 Å². The van der Waals surface area contributed by atoms with Crippen molar-refractivity contribution in [2.75, 3.05) is 25.2 Å². The number of rotatable bonds is 6. The third-order valence-electron chi connectivity index (χ3n) is 2.92. The molecule has 0 fully saturated rings. The van der Waals surface area contributed by atoms with Gasteiger partial charge in [-0.2, -0.15) is 11.8 Å². The van der Waals surface area contributed by atoms with E-state index in [1.165, 1.54) is 6.07 Å². The Morgan fingerprint density at radius 3 is 2.62 bits per heavy atom. The number of halogens is 1. The average Bonchev–Trinajstić information content (AvgIpc) is 2.33. The summed E-state index contributed by atoms with van der Waals surface area (Å²) < 4.78 is 13.7. The van der Waals surface area contributed by atoms with Gasteiger partial charge >= 0.3 is 0 Å². The third kappa shape index (κ3) is 2.75. The molecule has 2 nitrogen and oxygen atoms in total. The Balaban J connectivity index is 3.05. The molecule has 90 valence electrons. The van der Waals surface area contributed by atoms with Crippen LogP contribution in [0.4, 0.5) is 4.39 Å². The van der Waals surface area contributed by atoms with Crippen LogP contribution in [0, 0.1) is 5.82 Å². The van der Waals surface area contributed by atoms with Gasteiger partial charge in [-0.15, -0.1) is 0 Å². The van der Waals surface area contributed by atoms with E-state index in [2.05, 4.69) is 0 Å². The van der Waals surface area contributed by atoms with Crippen molar-refractivity contribution in [3.8, 4) is 0 Å². The number of nitrogens with two attached hydrogens (primary N) is 1. The zero-order chi connectivity index (χ0) is 12.0. The van der Waals surface area contributed by atoms with E-state index in [0.29, 0.717) is 12.0 Å². The van der Waals surface area contributed by atoms with Crippen LogP contribution < -0.4 is 5.73 Å². The van der Waals surface area contributed by atoms with Crippen LogP contribution in [0.2, 0.25) is 0 Å². The van der Waals surface area contributed by atoms with Crippen molar-refractivity contribution >= 4 is 11.8 Å². The minimum absolute atomic E-state index is 0.120. The molecule has 0 aliphatic rings. The van der Waals surface area contributed by atoms with E-state index >= 15 is 0 Å². The SMILES string of the molecule is CSCCC(CN)(CO)c1ccccc1F. The van der Waals surface area contributed by atoms with Gasteiger partial charge < -0.3 is 10.8 Å². The van der Waals surface area contributed by atoms with Crippen molar-refractivity contribution < 1.29 is 9.50 Å². The lowest BCUT2D eigenvalue weighted by Crippen LogP contribution is -2.40. The van der Waals surface area contributed by atoms with Crippen molar-refractivity contribution in [2.45, 2.75) is 11.8 Å². The van der Waals surface area contributed by atoms with Gasteiger partial charge in [0.15, 0.2) is 0 Å². The molecule has 0 amide bonds. The Morgan fingerprint density at radius 2 is 2.12 bits per heavy atom. The maximum absolute atomic E-state index is 13.7. The first-order valence-corrected chi connectivity index (χ1v) is 6.64. The van der Waals surface area contributed by atoms with E-state index in [0.717, 1.165) is 5.75 Å². The zero-order valence-corrected chi connectivity index (χ0v) is 10.3. The molecule has 3 N–H and O–H groups in total. The van der Waals surface area contributed by atoms with Crippen LogP contribution in [0.15, 0.2) is 24.3 Å². The van der Waals surface area contributed by atoms with Gasteiger partial charge in [0.25, 0.3) is 0 Å². The Morgan fingerprint density at radius 1 is 1.44 bits per heavy atom. The quantitative estimate of drug-likeness (QED) is 0.800. The summed E-state index contributed by atoms with van der Waals surface area (Å²) in [6, 6.07) is 6.54. The lowest BCUT2D eigenvalue weighted by Gasteiger charge is -2.31. The fourth-order valence-electron chi connectivity index (χ4n) is 1.76. The first kappa shape index (κ1) is 13.5. The van der Waals surface area contributed by atoms with Crippen LogP contribution in [-0.2, 0) is 5.41 Å². The Kier molecular flexibility index (Phi) is 5.25. The molecular weight excluding hydrogens is 225 g/mol. The molecular formula is C12H18FNOS. The number of hydrogen-bond donors (Lipinski definition) is 2. The maximum atomic E-state index is 13.7. The zero-order valence-electron chi connectivity index (χ0n) is 9.45. The standard InChI is InChI=1S/C12H18FNOS/c1-16-7-6-12(8-14,9-15)10-4-2-3-5-11(10)13/h2-5,15H,6-9,14H2,1H3. The molecule has 1 aromatic rings. The van der Waals surface area contributed by atoms with E-state index in [4.69, 9.17) is 5.73 Å². The first-order chi connectivity index (χ1) is 7.70. The molecule has 0 spiro atoms. The fraction of sp³-hybridized carbons (Fsp3) is 0.500. The minimum Gasteiger partial charge on any atom is -0.395 e. The highest BCUT2D eigenvalue weighted by atomic mass is 32.2. The monoisotopic (exact) mass is 243 g/mol. The Hall–Kier alpha value is -0.580. The molecule has 1 rings (SSSR count). The van der Waals surface area contributed by atoms with Crippen molar-refractivity contribution in [2.24, 2.45) is 5.73 Å². The van der Waals surface area contributed by atoms with Gasteiger partial charge in [-0.05, 0) is 30.1 Å². The maximum Gasteiger partial charge on any atom is 0.127 e. The molecule has 0 bridgehead atoms. The predicted molar refractivity (Wildman–Crippen MR) is 67.2 cm³/mol. The molecule has 0 saturated carbocycles. The van der Waals surface area contributed by atoms with Crippen molar-refractivity contribution in [1.82, 2.24) is 0 Å². The van der Waals surface area contributed by atoms with Gasteiger partial charge in [-0.1, -0.05) is 18.2 Å². The van der Waals surface area contributed by atoms with Crippen molar-refractivity contribution in [1.29, 1.82) is 0 Å². The summed E-state index contributed by atoms with van der Waals surface area (Å²) in [6.07, 6.45) is 2.67. The Labute approximate surface area is 100 Å². The number of aliphatic hydroxyl groups is 1. The average molecular weight is 243 g/mol. The molecule has 0 aliphatic carbocycles. The largest absolute Gasteiger partial charge is 0.395 e. The lowest BCUT2D eigenvalue weighted by atomic mass is 9.78. The van der Waals surface area contributed by atoms with Gasteiger partial charge in [0.05, 0.1) is 6.61 Å². The molecule has 0 radical (unpaired) electrons. The molecule has 1 aromatic carbocycles. The molecule has 1 atom stereocenters. The molecule has 0 saturated heterocycles. The molecule has 1 unspecified atom stereocenters. The number of aliphatic hydroxyl groups excluding tert-OH is 1. The van der Waals surface area contributed by atoms with E-state index < -0.39 is 5.41 Å². The molecule has 4 heteroatoms. The van der Waals surface area contributed by atoms with Crippen LogP contribution in [0.25, 0.3) is 0 Å². The summed E-state index contributed by atoms with van der Waals surface area (Å²) in [4.78, 5) is 0. The van der Waals surface area contributed by atoms with Crippen molar-refractivity contribution in [3.05, 3.63) is 35.6 Å². The first-order valence-electron chi connectivity index (χ1n) is 5.25. The fourth-order valence-corrected chi connectivity index (χ4v) is 2.36. The van der Waals surface area contributed by atoms with E-state index in [1.807, 2.05) is 6.26 Å². The summed E-state index contributed by atoms with van der Waals surface area (Å²) in [5, 5.41) is 9.53. The van der Waals surface area contributed by atoms with Gasteiger partial charge in [-0.25, -0.2) is 4.39 Å². The summed E-state index contributed by atoms with van der Waals surface area (Å²) in [5.41, 5.74) is 5.60. The minimum atomic E-state index is -0.644. The molecule has 0 aromatic heterocycles. The van der Waals surface area contributed by atoms with Crippen LogP contribution in [0.1, 0.15) is 12.0 Å². The lowest BCUT2D eigenvalue weighted by molar-refractivity contribution is 0.190. The Bertz CT molecular complexity index is 329. The molecule has 0 heterocycles. The van der Waals surface area contributed by atoms with Gasteiger partial charge in [0, 0.05) is 12.0 Å². The topological polar surface area (TPSA) is 46.2 Å². The summed E-state index contributed by atoms with van der Waals surface area (Å²) in [5.74, 6) is 0.564. The molecule has 0 aliphatic heterocycles. The predicted octanol–water partition coefficient (Wildman–Crippen LogP) is 1.77. The second-order valence-electron chi connectivity index (χ2n) is 3.87. The smallest absolute Gasteiger partial charge is 0.127 e. The second-order valence-corrected chi connectivity index (χ2v) is 4.85. The highest BCUT2D eigenvalue weighted by Gasteiger charge is 2.32. The van der Waals surface area contributed by atoms with E-state index in [9.17, 15) is 9.50 Å². The normalized spacial score (nSPS) is 14.8. The van der Waals surface area contributed by atoms with Crippen LogP contribution >= 0.6 is 11.8 Å². The van der Waals surface area contributed by atoms with Crippen molar-refractivity contribution in [3.63, 3.8) is 0 Å². The second kappa shape index (κ2) is 6.23. The highest BCUT2D eigenvalue weighted by Crippen LogP contribution is 2.29. The third-order valence-corrected chi connectivity index (χ3v) is 3.54. The highest BCUT2D eigenvalue weighted by molar-refractivity contribution is 7.98. The summed E-state index contributed by atoms with van der Waals surface area (Å²) >= 11 is 1.67. The van der Waals surface area contributed by atoms with E-state index in [-0.39, 0.29) is 19.0 Å². The van der Waals surface area contributed by atoms with Gasteiger partial charge in [0.1, 0.15) is 5.82 Å². The van der Waals surface area contributed by atoms with E-state index in [1.54, 1.807) is 30.0 Å². The van der Waals surface area contributed by atoms with Crippen LogP contribution in [-0.4, -0.2) is 30.3 Å². The van der Waals surface area contributed by atoms with Crippen LogP contribution in [0.5, 0.6) is 0 Å². The summed E-state index contributed by atoms with van der Waals surface area (Å²) in [6.45, 7) is 0.135. The summed E-state index contributed by atoms with van der Waals surface area (Å²) in [7, 11) is 0.